The molecule has 1 atom stereocenters. The molecule has 1 aromatic rings. The van der Waals surface area contributed by atoms with Crippen LogP contribution in [0, 0.1) is 5.92 Å². The standard InChI is InChI=1S/C10H14ClN3S/c1-8-5-14(2-3-15-6-8)10-4-9(11)12-7-13-10/h4,7-8H,2-3,5-6H2,1H3. The van der Waals surface area contributed by atoms with Gasteiger partial charge in [0, 0.05) is 24.9 Å². The molecule has 82 valence electrons. The minimum absolute atomic E-state index is 0.518. The van der Waals surface area contributed by atoms with E-state index in [4.69, 9.17) is 11.6 Å². The lowest BCUT2D eigenvalue weighted by Crippen LogP contribution is -2.29. The lowest BCUT2D eigenvalue weighted by atomic mass is 10.2. The Morgan fingerprint density at radius 2 is 2.40 bits per heavy atom. The van der Waals surface area contributed by atoms with Gasteiger partial charge in [-0.25, -0.2) is 9.97 Å². The van der Waals surface area contributed by atoms with Crippen molar-refractivity contribution in [2.24, 2.45) is 5.92 Å². The fraction of sp³-hybridized carbons (Fsp3) is 0.600. The Balaban J connectivity index is 2.14. The normalized spacial score (nSPS) is 22.5. The smallest absolute Gasteiger partial charge is 0.134 e. The number of halogens is 1. The molecule has 3 nitrogen and oxygen atoms in total. The van der Waals surface area contributed by atoms with Crippen molar-refractivity contribution in [3.05, 3.63) is 17.5 Å². The van der Waals surface area contributed by atoms with Gasteiger partial charge in [-0.3, -0.25) is 0 Å². The average molecular weight is 244 g/mol. The number of aromatic nitrogens is 2. The molecule has 1 aliphatic heterocycles. The van der Waals surface area contributed by atoms with Crippen molar-refractivity contribution in [3.8, 4) is 0 Å². The monoisotopic (exact) mass is 243 g/mol. The van der Waals surface area contributed by atoms with Crippen LogP contribution < -0.4 is 4.90 Å². The Kier molecular flexibility index (Phi) is 3.70. The maximum atomic E-state index is 5.86. The third-order valence-corrected chi connectivity index (χ3v) is 3.87. The minimum atomic E-state index is 0.518. The first-order valence-electron chi connectivity index (χ1n) is 5.06. The van der Waals surface area contributed by atoms with Crippen molar-refractivity contribution in [3.63, 3.8) is 0 Å². The molecule has 0 spiro atoms. The first kappa shape index (κ1) is 11.0. The van der Waals surface area contributed by atoms with Gasteiger partial charge < -0.3 is 4.90 Å². The number of hydrogen-bond donors (Lipinski definition) is 0. The van der Waals surface area contributed by atoms with Gasteiger partial charge in [0.25, 0.3) is 0 Å². The Labute approximate surface area is 99.2 Å². The lowest BCUT2D eigenvalue weighted by Gasteiger charge is -2.23. The van der Waals surface area contributed by atoms with Gasteiger partial charge in [-0.15, -0.1) is 0 Å². The van der Waals surface area contributed by atoms with E-state index in [-0.39, 0.29) is 0 Å². The van der Waals surface area contributed by atoms with Gasteiger partial charge in [0.1, 0.15) is 17.3 Å². The molecule has 1 saturated heterocycles. The maximum absolute atomic E-state index is 5.86. The molecular weight excluding hydrogens is 230 g/mol. The van der Waals surface area contributed by atoms with Crippen LogP contribution in [-0.4, -0.2) is 34.6 Å². The second kappa shape index (κ2) is 5.03. The first-order chi connectivity index (χ1) is 7.25. The Morgan fingerprint density at radius 3 is 3.20 bits per heavy atom. The number of nitrogens with zero attached hydrogens (tertiary/aromatic N) is 3. The third kappa shape index (κ3) is 2.98. The molecule has 1 unspecified atom stereocenters. The summed E-state index contributed by atoms with van der Waals surface area (Å²) in [7, 11) is 0. The average Bonchev–Trinajstić information content (AvgIpc) is 2.43. The van der Waals surface area contributed by atoms with E-state index >= 15 is 0 Å². The van der Waals surface area contributed by atoms with Crippen LogP contribution >= 0.6 is 23.4 Å². The zero-order valence-corrected chi connectivity index (χ0v) is 10.3. The molecule has 0 saturated carbocycles. The van der Waals surface area contributed by atoms with Crippen molar-refractivity contribution in [2.75, 3.05) is 29.5 Å². The number of thioether (sulfide) groups is 1. The molecule has 1 aromatic heterocycles. The Bertz CT molecular complexity index is 334. The van der Waals surface area contributed by atoms with Crippen molar-refractivity contribution in [1.82, 2.24) is 9.97 Å². The van der Waals surface area contributed by atoms with Crippen molar-refractivity contribution < 1.29 is 0 Å². The molecule has 0 amide bonds. The fourth-order valence-corrected chi connectivity index (χ4v) is 2.85. The molecule has 2 heterocycles. The SMILES string of the molecule is CC1CSCCN(c2cc(Cl)ncn2)C1. The molecule has 5 heteroatoms. The second-order valence-electron chi connectivity index (χ2n) is 3.83. The minimum Gasteiger partial charge on any atom is -0.355 e. The Morgan fingerprint density at radius 1 is 1.53 bits per heavy atom. The summed E-state index contributed by atoms with van der Waals surface area (Å²) in [5.41, 5.74) is 0. The fourth-order valence-electron chi connectivity index (χ4n) is 1.68. The van der Waals surface area contributed by atoms with Gasteiger partial charge in [-0.1, -0.05) is 18.5 Å². The van der Waals surface area contributed by atoms with Crippen LogP contribution in [0.15, 0.2) is 12.4 Å². The van der Waals surface area contributed by atoms with Gasteiger partial charge in [0.05, 0.1) is 0 Å². The van der Waals surface area contributed by atoms with E-state index in [1.54, 1.807) is 0 Å². The zero-order chi connectivity index (χ0) is 10.7. The molecule has 2 rings (SSSR count). The topological polar surface area (TPSA) is 29.0 Å². The van der Waals surface area contributed by atoms with Gasteiger partial charge in [0.15, 0.2) is 0 Å². The molecule has 1 aliphatic rings. The van der Waals surface area contributed by atoms with E-state index in [9.17, 15) is 0 Å². The van der Waals surface area contributed by atoms with Gasteiger partial charge >= 0.3 is 0 Å². The molecular formula is C10H14ClN3S. The third-order valence-electron chi connectivity index (χ3n) is 2.38. The summed E-state index contributed by atoms with van der Waals surface area (Å²) < 4.78 is 0. The lowest BCUT2D eigenvalue weighted by molar-refractivity contribution is 0.634. The molecule has 0 radical (unpaired) electrons. The van der Waals surface area contributed by atoms with E-state index < -0.39 is 0 Å². The summed E-state index contributed by atoms with van der Waals surface area (Å²) in [6.45, 7) is 4.37. The zero-order valence-electron chi connectivity index (χ0n) is 8.69. The predicted molar refractivity (Wildman–Crippen MR) is 65.7 cm³/mol. The summed E-state index contributed by atoms with van der Waals surface area (Å²) in [6, 6.07) is 1.84. The van der Waals surface area contributed by atoms with E-state index in [0.29, 0.717) is 11.1 Å². The number of rotatable bonds is 1. The molecule has 0 aromatic carbocycles. The highest BCUT2D eigenvalue weighted by molar-refractivity contribution is 7.99. The van der Waals surface area contributed by atoms with E-state index in [0.717, 1.165) is 24.7 Å². The predicted octanol–water partition coefficient (Wildman–Crippen LogP) is 2.32. The quantitative estimate of drug-likeness (QED) is 0.708. The van der Waals surface area contributed by atoms with Crippen molar-refractivity contribution in [2.45, 2.75) is 6.92 Å². The highest BCUT2D eigenvalue weighted by atomic mass is 35.5. The van der Waals surface area contributed by atoms with Crippen LogP contribution in [0.4, 0.5) is 5.82 Å². The second-order valence-corrected chi connectivity index (χ2v) is 5.36. The van der Waals surface area contributed by atoms with E-state index in [1.807, 2.05) is 17.8 Å². The largest absolute Gasteiger partial charge is 0.355 e. The summed E-state index contributed by atoms with van der Waals surface area (Å²) in [6.07, 6.45) is 1.53. The van der Waals surface area contributed by atoms with Crippen LogP contribution in [0.25, 0.3) is 0 Å². The summed E-state index contributed by atoms with van der Waals surface area (Å²) in [4.78, 5) is 10.4. The summed E-state index contributed by atoms with van der Waals surface area (Å²) >= 11 is 7.87. The molecule has 15 heavy (non-hydrogen) atoms. The number of hydrogen-bond acceptors (Lipinski definition) is 4. The molecule has 0 N–H and O–H groups in total. The van der Waals surface area contributed by atoms with Crippen LogP contribution in [0.5, 0.6) is 0 Å². The van der Waals surface area contributed by atoms with Crippen LogP contribution in [0.1, 0.15) is 6.92 Å². The van der Waals surface area contributed by atoms with Gasteiger partial charge in [-0.05, 0) is 11.7 Å². The van der Waals surface area contributed by atoms with E-state index in [1.165, 1.54) is 12.1 Å². The van der Waals surface area contributed by atoms with Crippen LogP contribution in [0.3, 0.4) is 0 Å². The highest BCUT2D eigenvalue weighted by Gasteiger charge is 2.16. The number of anilines is 1. The van der Waals surface area contributed by atoms with Crippen LogP contribution in [-0.2, 0) is 0 Å². The van der Waals surface area contributed by atoms with Crippen molar-refractivity contribution in [1.29, 1.82) is 0 Å². The molecule has 0 aliphatic carbocycles. The first-order valence-corrected chi connectivity index (χ1v) is 6.59. The van der Waals surface area contributed by atoms with Crippen molar-refractivity contribution >= 4 is 29.2 Å². The Hall–Kier alpha value is -0.480. The van der Waals surface area contributed by atoms with E-state index in [2.05, 4.69) is 21.8 Å². The molecule has 1 fully saturated rings. The van der Waals surface area contributed by atoms with Gasteiger partial charge in [0.2, 0.25) is 0 Å². The molecule has 0 bridgehead atoms. The summed E-state index contributed by atoms with van der Waals surface area (Å²) in [5, 5.41) is 0.518. The van der Waals surface area contributed by atoms with Crippen LogP contribution in [0.2, 0.25) is 5.15 Å². The van der Waals surface area contributed by atoms with Gasteiger partial charge in [-0.2, -0.15) is 11.8 Å². The summed E-state index contributed by atoms with van der Waals surface area (Å²) in [5.74, 6) is 4.04. The highest BCUT2D eigenvalue weighted by Crippen LogP contribution is 2.21. The maximum Gasteiger partial charge on any atom is 0.134 e.